The molecule has 0 aliphatic carbocycles. The Kier molecular flexibility index (Phi) is 3.85. The van der Waals surface area contributed by atoms with Gasteiger partial charge < -0.3 is 5.32 Å². The topological polar surface area (TPSA) is 78.7 Å². The molecule has 1 aromatic heterocycles. The lowest BCUT2D eigenvalue weighted by atomic mass is 10.2. The fourth-order valence-electron chi connectivity index (χ4n) is 0.750. The maximum absolute atomic E-state index is 11.1. The maximum Gasteiger partial charge on any atom is 0.225 e. The largest absolute Gasteiger partial charge is 0.315 e. The lowest BCUT2D eigenvalue weighted by molar-refractivity contribution is -0.116. The van der Waals surface area contributed by atoms with E-state index in [0.29, 0.717) is 24.3 Å². The molecule has 1 amide bonds. The molecule has 68 valence electrons. The molecule has 6 heteroatoms. The van der Waals surface area contributed by atoms with Crippen molar-refractivity contribution in [3.05, 3.63) is 6.20 Å². The van der Waals surface area contributed by atoms with Gasteiger partial charge in [-0.2, -0.15) is 5.26 Å². The molecule has 0 bridgehead atoms. The van der Waals surface area contributed by atoms with Crippen LogP contribution in [0.1, 0.15) is 19.3 Å². The number of nitriles is 1. The van der Waals surface area contributed by atoms with Crippen LogP contribution >= 0.6 is 11.5 Å². The number of carbonyl (C=O) groups is 1. The Bertz CT molecular complexity index is 303. The van der Waals surface area contributed by atoms with Crippen molar-refractivity contribution in [3.8, 4) is 6.07 Å². The molecule has 0 unspecified atom stereocenters. The molecule has 13 heavy (non-hydrogen) atoms. The summed E-state index contributed by atoms with van der Waals surface area (Å²) >= 11 is 1.13. The highest BCUT2D eigenvalue weighted by atomic mass is 32.1. The van der Waals surface area contributed by atoms with Crippen LogP contribution in [0, 0.1) is 11.3 Å². The zero-order chi connectivity index (χ0) is 9.52. The van der Waals surface area contributed by atoms with E-state index in [-0.39, 0.29) is 5.91 Å². The Morgan fingerprint density at radius 1 is 1.77 bits per heavy atom. The van der Waals surface area contributed by atoms with Gasteiger partial charge in [-0.15, -0.1) is 5.10 Å². The van der Waals surface area contributed by atoms with Crippen molar-refractivity contribution in [1.82, 2.24) is 9.59 Å². The number of nitrogens with zero attached hydrogens (tertiary/aromatic N) is 3. The number of amides is 1. The predicted octanol–water partition coefficient (Wildman–Crippen LogP) is 1.17. The molecule has 0 radical (unpaired) electrons. The Hall–Kier alpha value is -1.48. The third-order valence-electron chi connectivity index (χ3n) is 1.32. The number of aromatic nitrogens is 2. The van der Waals surface area contributed by atoms with E-state index in [9.17, 15) is 4.79 Å². The van der Waals surface area contributed by atoms with Crippen LogP contribution in [0.25, 0.3) is 0 Å². The third-order valence-corrected chi connectivity index (χ3v) is 1.90. The minimum atomic E-state index is -0.0960. The number of rotatable bonds is 4. The average Bonchev–Trinajstić information content (AvgIpc) is 2.57. The van der Waals surface area contributed by atoms with Crippen molar-refractivity contribution >= 4 is 22.4 Å². The number of unbranched alkanes of at least 4 members (excludes halogenated alkanes) is 1. The number of nitrogens with one attached hydrogen (secondary N) is 1. The van der Waals surface area contributed by atoms with Crippen molar-refractivity contribution in [3.63, 3.8) is 0 Å². The van der Waals surface area contributed by atoms with Gasteiger partial charge in [-0.25, -0.2) is 0 Å². The van der Waals surface area contributed by atoms with Gasteiger partial charge in [-0.3, -0.25) is 4.79 Å². The lowest BCUT2D eigenvalue weighted by Gasteiger charge is -1.97. The average molecular weight is 196 g/mol. The van der Waals surface area contributed by atoms with Gasteiger partial charge in [0, 0.05) is 24.4 Å². The molecule has 0 spiro atoms. The molecule has 0 aliphatic rings. The van der Waals surface area contributed by atoms with Gasteiger partial charge in [0.15, 0.2) is 0 Å². The first-order chi connectivity index (χ1) is 6.33. The fourth-order valence-corrected chi connectivity index (χ4v) is 1.19. The van der Waals surface area contributed by atoms with Crippen LogP contribution < -0.4 is 5.32 Å². The molecule has 1 N–H and O–H groups in total. The highest BCUT2D eigenvalue weighted by molar-refractivity contribution is 7.10. The molecule has 0 aromatic carbocycles. The summed E-state index contributed by atoms with van der Waals surface area (Å²) in [6, 6.07) is 1.98. The molecule has 1 rings (SSSR count). The summed E-state index contributed by atoms with van der Waals surface area (Å²) in [6.45, 7) is 0. The molecular formula is C7H8N4OS. The minimum Gasteiger partial charge on any atom is -0.315 e. The number of hydrogen-bond acceptors (Lipinski definition) is 5. The Morgan fingerprint density at radius 2 is 2.62 bits per heavy atom. The van der Waals surface area contributed by atoms with Crippen molar-refractivity contribution < 1.29 is 4.79 Å². The van der Waals surface area contributed by atoms with Crippen LogP contribution in [0.5, 0.6) is 0 Å². The van der Waals surface area contributed by atoms with Crippen LogP contribution in [0.15, 0.2) is 6.20 Å². The SMILES string of the molecule is N#CCCCC(=O)Nc1cnns1. The van der Waals surface area contributed by atoms with E-state index in [4.69, 9.17) is 5.26 Å². The van der Waals surface area contributed by atoms with E-state index in [0.717, 1.165) is 11.5 Å². The number of hydrogen-bond donors (Lipinski definition) is 1. The molecule has 0 fully saturated rings. The standard InChI is InChI=1S/C7H8N4OS/c8-4-2-1-3-6(12)10-7-5-9-11-13-7/h5H,1-3H2,(H,10,12). The third kappa shape index (κ3) is 3.62. The van der Waals surface area contributed by atoms with Crippen LogP contribution in [-0.2, 0) is 4.79 Å². The second-order valence-corrected chi connectivity index (χ2v) is 3.13. The molecule has 0 saturated heterocycles. The normalized spacial score (nSPS) is 9.15. The summed E-state index contributed by atoms with van der Waals surface area (Å²) in [5.41, 5.74) is 0. The van der Waals surface area contributed by atoms with Crippen LogP contribution in [0.2, 0.25) is 0 Å². The second kappa shape index (κ2) is 5.22. The Labute approximate surface area is 79.5 Å². The lowest BCUT2D eigenvalue weighted by Crippen LogP contribution is -2.09. The molecule has 1 heterocycles. The minimum absolute atomic E-state index is 0.0960. The highest BCUT2D eigenvalue weighted by Crippen LogP contribution is 2.09. The summed E-state index contributed by atoms with van der Waals surface area (Å²) in [5, 5.41) is 15.1. The van der Waals surface area contributed by atoms with Crippen molar-refractivity contribution in [2.24, 2.45) is 0 Å². The molecular weight excluding hydrogens is 188 g/mol. The van der Waals surface area contributed by atoms with E-state index in [1.807, 2.05) is 6.07 Å². The fraction of sp³-hybridized carbons (Fsp3) is 0.429. The molecule has 0 saturated carbocycles. The van der Waals surface area contributed by atoms with Crippen molar-refractivity contribution in [1.29, 1.82) is 5.26 Å². The van der Waals surface area contributed by atoms with E-state index >= 15 is 0 Å². The van der Waals surface area contributed by atoms with Gasteiger partial charge in [0.05, 0.1) is 12.3 Å². The van der Waals surface area contributed by atoms with Gasteiger partial charge in [-0.1, -0.05) is 4.49 Å². The zero-order valence-corrected chi connectivity index (χ0v) is 7.67. The smallest absolute Gasteiger partial charge is 0.225 e. The van der Waals surface area contributed by atoms with E-state index < -0.39 is 0 Å². The molecule has 1 aromatic rings. The van der Waals surface area contributed by atoms with Crippen LogP contribution in [-0.4, -0.2) is 15.5 Å². The maximum atomic E-state index is 11.1. The Morgan fingerprint density at radius 3 is 3.23 bits per heavy atom. The zero-order valence-electron chi connectivity index (χ0n) is 6.86. The van der Waals surface area contributed by atoms with Gasteiger partial charge in [-0.05, 0) is 6.42 Å². The predicted molar refractivity (Wildman–Crippen MR) is 48.0 cm³/mol. The monoisotopic (exact) mass is 196 g/mol. The van der Waals surface area contributed by atoms with Crippen molar-refractivity contribution in [2.75, 3.05) is 5.32 Å². The van der Waals surface area contributed by atoms with Crippen LogP contribution in [0.4, 0.5) is 5.00 Å². The van der Waals surface area contributed by atoms with Crippen molar-refractivity contribution in [2.45, 2.75) is 19.3 Å². The number of carbonyl (C=O) groups excluding carboxylic acids is 1. The van der Waals surface area contributed by atoms with Gasteiger partial charge >= 0.3 is 0 Å². The summed E-state index contributed by atoms with van der Waals surface area (Å²) in [5.74, 6) is -0.0960. The van der Waals surface area contributed by atoms with E-state index in [2.05, 4.69) is 14.9 Å². The first-order valence-corrected chi connectivity index (χ1v) is 4.54. The summed E-state index contributed by atoms with van der Waals surface area (Å²) in [4.78, 5) is 11.1. The van der Waals surface area contributed by atoms with Gasteiger partial charge in [0.2, 0.25) is 5.91 Å². The van der Waals surface area contributed by atoms with E-state index in [1.165, 1.54) is 6.20 Å². The summed E-state index contributed by atoms with van der Waals surface area (Å²) in [6.07, 6.45) is 2.86. The first-order valence-electron chi connectivity index (χ1n) is 3.77. The van der Waals surface area contributed by atoms with Gasteiger partial charge in [0.25, 0.3) is 0 Å². The molecule has 0 aliphatic heterocycles. The Balaban J connectivity index is 2.23. The van der Waals surface area contributed by atoms with Crippen LogP contribution in [0.3, 0.4) is 0 Å². The summed E-state index contributed by atoms with van der Waals surface area (Å²) in [7, 11) is 0. The van der Waals surface area contributed by atoms with Gasteiger partial charge in [0.1, 0.15) is 5.00 Å². The molecule has 0 atom stereocenters. The highest BCUT2D eigenvalue weighted by Gasteiger charge is 2.02. The second-order valence-electron chi connectivity index (χ2n) is 2.34. The van der Waals surface area contributed by atoms with E-state index in [1.54, 1.807) is 0 Å². The summed E-state index contributed by atoms with van der Waals surface area (Å²) < 4.78 is 3.60. The quantitative estimate of drug-likeness (QED) is 0.733. The number of anilines is 1. The molecule has 5 nitrogen and oxygen atoms in total. The first kappa shape index (κ1) is 9.61.